The van der Waals surface area contributed by atoms with Crippen LogP contribution < -0.4 is 9.47 Å². The molecule has 0 aromatic heterocycles. The fraction of sp³-hybridized carbons (Fsp3) is 0.259. The van der Waals surface area contributed by atoms with Crippen LogP contribution in [0.2, 0.25) is 0 Å². The van der Waals surface area contributed by atoms with Gasteiger partial charge in [-0.3, -0.25) is 4.79 Å². The van der Waals surface area contributed by atoms with Crippen molar-refractivity contribution >= 4 is 11.9 Å². The molecule has 0 spiro atoms. The Labute approximate surface area is 188 Å². The van der Waals surface area contributed by atoms with Gasteiger partial charge in [-0.05, 0) is 60.9 Å². The predicted molar refractivity (Wildman–Crippen MR) is 124 cm³/mol. The standard InChI is InChI=1S/C27H28O5/c1-4-20(3)26(28)31-18-17-30-24-13-11-23(12-14-24)27(29)32-25-15-9-22(10-16-25)21-7-5-19(2)6-8-21/h5-16,20H,4,17-18H2,1-3H3. The van der Waals surface area contributed by atoms with Crippen LogP contribution in [0.1, 0.15) is 36.2 Å². The Morgan fingerprint density at radius 3 is 1.94 bits per heavy atom. The fourth-order valence-electron chi connectivity index (χ4n) is 2.93. The molecule has 1 unspecified atom stereocenters. The van der Waals surface area contributed by atoms with E-state index in [0.717, 1.165) is 17.5 Å². The number of ether oxygens (including phenoxy) is 3. The first-order chi connectivity index (χ1) is 15.5. The lowest BCUT2D eigenvalue weighted by molar-refractivity contribution is -0.148. The fourth-order valence-corrected chi connectivity index (χ4v) is 2.93. The van der Waals surface area contributed by atoms with E-state index in [4.69, 9.17) is 14.2 Å². The van der Waals surface area contributed by atoms with Gasteiger partial charge in [-0.15, -0.1) is 0 Å². The molecule has 32 heavy (non-hydrogen) atoms. The Morgan fingerprint density at radius 1 is 0.781 bits per heavy atom. The van der Waals surface area contributed by atoms with Gasteiger partial charge < -0.3 is 14.2 Å². The van der Waals surface area contributed by atoms with Crippen molar-refractivity contribution in [2.75, 3.05) is 13.2 Å². The SMILES string of the molecule is CCC(C)C(=O)OCCOc1ccc(C(=O)Oc2ccc(-c3ccc(C)cc3)cc2)cc1. The molecule has 0 radical (unpaired) electrons. The Bertz CT molecular complexity index is 1020. The Hall–Kier alpha value is -3.60. The highest BCUT2D eigenvalue weighted by Crippen LogP contribution is 2.23. The van der Waals surface area contributed by atoms with Gasteiger partial charge in [-0.1, -0.05) is 55.8 Å². The molecule has 166 valence electrons. The van der Waals surface area contributed by atoms with Crippen molar-refractivity contribution in [1.29, 1.82) is 0 Å². The van der Waals surface area contributed by atoms with Crippen LogP contribution >= 0.6 is 0 Å². The summed E-state index contributed by atoms with van der Waals surface area (Å²) in [4.78, 5) is 24.1. The molecule has 5 heteroatoms. The minimum Gasteiger partial charge on any atom is -0.490 e. The Morgan fingerprint density at radius 2 is 1.34 bits per heavy atom. The minimum atomic E-state index is -0.442. The molecule has 3 rings (SSSR count). The highest BCUT2D eigenvalue weighted by atomic mass is 16.6. The summed E-state index contributed by atoms with van der Waals surface area (Å²) in [5.41, 5.74) is 3.80. The van der Waals surface area contributed by atoms with E-state index in [-0.39, 0.29) is 25.1 Å². The second-order valence-electron chi connectivity index (χ2n) is 7.63. The van der Waals surface area contributed by atoms with Gasteiger partial charge in [-0.25, -0.2) is 4.79 Å². The van der Waals surface area contributed by atoms with Crippen molar-refractivity contribution in [3.8, 4) is 22.6 Å². The molecule has 5 nitrogen and oxygen atoms in total. The van der Waals surface area contributed by atoms with Crippen molar-refractivity contribution < 1.29 is 23.8 Å². The van der Waals surface area contributed by atoms with E-state index in [2.05, 4.69) is 31.2 Å². The molecule has 0 amide bonds. The van der Waals surface area contributed by atoms with E-state index >= 15 is 0 Å². The molecule has 3 aromatic carbocycles. The number of esters is 2. The number of carbonyl (C=O) groups is 2. The third kappa shape index (κ3) is 6.45. The average Bonchev–Trinajstić information content (AvgIpc) is 2.82. The van der Waals surface area contributed by atoms with Crippen LogP contribution in [0.25, 0.3) is 11.1 Å². The van der Waals surface area contributed by atoms with Crippen LogP contribution in [0.5, 0.6) is 11.5 Å². The first-order valence-electron chi connectivity index (χ1n) is 10.7. The van der Waals surface area contributed by atoms with Gasteiger partial charge in [0, 0.05) is 0 Å². The van der Waals surface area contributed by atoms with Gasteiger partial charge >= 0.3 is 11.9 Å². The second kappa shape index (κ2) is 11.1. The van der Waals surface area contributed by atoms with Crippen LogP contribution in [-0.4, -0.2) is 25.2 Å². The van der Waals surface area contributed by atoms with Crippen LogP contribution in [0.3, 0.4) is 0 Å². The lowest BCUT2D eigenvalue weighted by atomic mass is 10.0. The summed E-state index contributed by atoms with van der Waals surface area (Å²) < 4.78 is 16.2. The predicted octanol–water partition coefficient (Wildman–Crippen LogP) is 5.85. The summed E-state index contributed by atoms with van der Waals surface area (Å²) in [5, 5.41) is 0. The van der Waals surface area contributed by atoms with Gasteiger partial charge in [0.15, 0.2) is 0 Å². The molecule has 0 fully saturated rings. The maximum atomic E-state index is 12.4. The Kier molecular flexibility index (Phi) is 8.03. The lowest BCUT2D eigenvalue weighted by Crippen LogP contribution is -2.17. The van der Waals surface area contributed by atoms with Crippen molar-refractivity contribution in [2.45, 2.75) is 27.2 Å². The van der Waals surface area contributed by atoms with Gasteiger partial charge in [0.05, 0.1) is 11.5 Å². The van der Waals surface area contributed by atoms with Gasteiger partial charge in [-0.2, -0.15) is 0 Å². The zero-order valence-electron chi connectivity index (χ0n) is 18.7. The molecular weight excluding hydrogens is 404 g/mol. The summed E-state index contributed by atoms with van der Waals surface area (Å²) in [6.07, 6.45) is 0.744. The smallest absolute Gasteiger partial charge is 0.343 e. The van der Waals surface area contributed by atoms with E-state index < -0.39 is 5.97 Å². The number of benzene rings is 3. The molecule has 0 aliphatic carbocycles. The quantitative estimate of drug-likeness (QED) is 0.241. The molecule has 0 heterocycles. The van der Waals surface area contributed by atoms with Crippen LogP contribution in [0.4, 0.5) is 0 Å². The van der Waals surface area contributed by atoms with Gasteiger partial charge in [0.2, 0.25) is 0 Å². The maximum absolute atomic E-state index is 12.4. The molecule has 0 aliphatic rings. The van der Waals surface area contributed by atoms with E-state index in [1.165, 1.54) is 5.56 Å². The number of aryl methyl sites for hydroxylation is 1. The minimum absolute atomic E-state index is 0.112. The molecule has 1 atom stereocenters. The van der Waals surface area contributed by atoms with E-state index in [1.807, 2.05) is 26.0 Å². The largest absolute Gasteiger partial charge is 0.490 e. The highest BCUT2D eigenvalue weighted by molar-refractivity contribution is 5.91. The normalized spacial score (nSPS) is 11.5. The van der Waals surface area contributed by atoms with Crippen molar-refractivity contribution in [3.63, 3.8) is 0 Å². The maximum Gasteiger partial charge on any atom is 0.343 e. The van der Waals surface area contributed by atoms with Crippen LogP contribution in [0, 0.1) is 12.8 Å². The Balaban J connectivity index is 1.49. The first kappa shape index (κ1) is 23.1. The molecule has 0 bridgehead atoms. The van der Waals surface area contributed by atoms with Gasteiger partial charge in [0.1, 0.15) is 24.7 Å². The number of hydrogen-bond acceptors (Lipinski definition) is 5. The molecule has 0 saturated carbocycles. The third-order valence-electron chi connectivity index (χ3n) is 5.15. The summed E-state index contributed by atoms with van der Waals surface area (Å²) in [6.45, 7) is 6.26. The van der Waals surface area contributed by atoms with Crippen molar-refractivity contribution in [3.05, 3.63) is 83.9 Å². The van der Waals surface area contributed by atoms with Crippen LogP contribution in [0.15, 0.2) is 72.8 Å². The molecule has 0 aliphatic heterocycles. The summed E-state index contributed by atoms with van der Waals surface area (Å²) in [6, 6.07) is 22.3. The monoisotopic (exact) mass is 432 g/mol. The van der Waals surface area contributed by atoms with Crippen LogP contribution in [-0.2, 0) is 9.53 Å². The molecule has 3 aromatic rings. The zero-order valence-corrected chi connectivity index (χ0v) is 18.7. The first-order valence-corrected chi connectivity index (χ1v) is 10.7. The van der Waals surface area contributed by atoms with E-state index in [9.17, 15) is 9.59 Å². The zero-order chi connectivity index (χ0) is 22.9. The van der Waals surface area contributed by atoms with Crippen molar-refractivity contribution in [2.24, 2.45) is 5.92 Å². The molecule has 0 N–H and O–H groups in total. The number of rotatable bonds is 9. The summed E-state index contributed by atoms with van der Waals surface area (Å²) >= 11 is 0. The second-order valence-corrected chi connectivity index (χ2v) is 7.63. The molecule has 0 saturated heterocycles. The van der Waals surface area contributed by atoms with E-state index in [1.54, 1.807) is 36.4 Å². The van der Waals surface area contributed by atoms with Crippen molar-refractivity contribution in [1.82, 2.24) is 0 Å². The number of carbonyl (C=O) groups excluding carboxylic acids is 2. The average molecular weight is 433 g/mol. The summed E-state index contributed by atoms with van der Waals surface area (Å²) in [7, 11) is 0. The molecular formula is C27H28O5. The summed E-state index contributed by atoms with van der Waals surface area (Å²) in [5.74, 6) is 0.292. The van der Waals surface area contributed by atoms with E-state index in [0.29, 0.717) is 17.1 Å². The topological polar surface area (TPSA) is 61.8 Å². The van der Waals surface area contributed by atoms with Gasteiger partial charge in [0.25, 0.3) is 0 Å². The number of hydrogen-bond donors (Lipinski definition) is 0. The highest BCUT2D eigenvalue weighted by Gasteiger charge is 2.12. The third-order valence-corrected chi connectivity index (χ3v) is 5.15. The lowest BCUT2D eigenvalue weighted by Gasteiger charge is -2.10.